The molecule has 0 fully saturated rings. The maximum Gasteiger partial charge on any atom is 0.303 e. The lowest BCUT2D eigenvalue weighted by Gasteiger charge is -2.10. The zero-order valence-electron chi connectivity index (χ0n) is 23.2. The minimum Gasteiger partial charge on any atom is -0.481 e. The van der Waals surface area contributed by atoms with Crippen LogP contribution in [0.25, 0.3) is 0 Å². The van der Waals surface area contributed by atoms with Gasteiger partial charge in [-0.2, -0.15) is 0 Å². The van der Waals surface area contributed by atoms with E-state index in [-0.39, 0.29) is 26.1 Å². The highest BCUT2D eigenvalue weighted by atomic mass is 16.6. The van der Waals surface area contributed by atoms with Gasteiger partial charge >= 0.3 is 5.97 Å². The second-order valence-electron chi connectivity index (χ2n) is 7.90. The van der Waals surface area contributed by atoms with Crippen LogP contribution in [0.5, 0.6) is 0 Å². The summed E-state index contributed by atoms with van der Waals surface area (Å²) in [5, 5.41) is 26.6. The summed E-state index contributed by atoms with van der Waals surface area (Å²) in [6, 6.07) is 0. The molecule has 14 heteroatoms. The Bertz CT molecular complexity index is 486. The number of aliphatic hydroxyl groups is 2. The molecule has 0 aliphatic carbocycles. The Morgan fingerprint density at radius 1 is 0.462 bits per heavy atom. The summed E-state index contributed by atoms with van der Waals surface area (Å²) in [5.74, 6) is -0.937. The predicted molar refractivity (Wildman–Crippen MR) is 138 cm³/mol. The van der Waals surface area contributed by atoms with Gasteiger partial charge in [-0.1, -0.05) is 0 Å². The molecule has 14 nitrogen and oxygen atoms in total. The highest BCUT2D eigenvalue weighted by molar-refractivity contribution is 5.66. The van der Waals surface area contributed by atoms with Crippen LogP contribution in [0.1, 0.15) is 12.8 Å². The number of hydrogen-bond donors (Lipinski definition) is 3. The molecule has 0 amide bonds. The molecule has 234 valence electrons. The van der Waals surface area contributed by atoms with Crippen LogP contribution in [0.3, 0.4) is 0 Å². The van der Waals surface area contributed by atoms with Gasteiger partial charge in [-0.25, -0.2) is 0 Å². The fourth-order valence-electron chi connectivity index (χ4n) is 2.64. The van der Waals surface area contributed by atoms with Crippen LogP contribution < -0.4 is 0 Å². The lowest BCUT2D eigenvalue weighted by Crippen LogP contribution is -2.19. The molecule has 0 aromatic carbocycles. The van der Waals surface area contributed by atoms with E-state index in [2.05, 4.69) is 0 Å². The molecule has 0 aromatic rings. The third-order valence-electron chi connectivity index (χ3n) is 4.59. The van der Waals surface area contributed by atoms with E-state index in [0.29, 0.717) is 126 Å². The van der Waals surface area contributed by atoms with Gasteiger partial charge in [0.2, 0.25) is 0 Å². The summed E-state index contributed by atoms with van der Waals surface area (Å²) in [6.07, 6.45) is -0.688. The van der Waals surface area contributed by atoms with E-state index >= 15 is 0 Å². The van der Waals surface area contributed by atoms with Gasteiger partial charge in [0.25, 0.3) is 0 Å². The summed E-state index contributed by atoms with van der Waals surface area (Å²) in [4.78, 5) is 10.4. The Morgan fingerprint density at radius 2 is 0.718 bits per heavy atom. The monoisotopic (exact) mass is 574 g/mol. The van der Waals surface area contributed by atoms with Crippen LogP contribution in [-0.4, -0.2) is 166 Å². The van der Waals surface area contributed by atoms with Crippen LogP contribution in [0.4, 0.5) is 0 Å². The normalized spacial score (nSPS) is 12.3. The fraction of sp³-hybridized carbons (Fsp3) is 0.960. The third kappa shape index (κ3) is 35.0. The van der Waals surface area contributed by atoms with Gasteiger partial charge < -0.3 is 62.7 Å². The zero-order valence-corrected chi connectivity index (χ0v) is 23.2. The van der Waals surface area contributed by atoms with Crippen LogP contribution in [0.15, 0.2) is 0 Å². The summed E-state index contributed by atoms with van der Waals surface area (Å²) in [7, 11) is 0. The maximum atomic E-state index is 10.4. The van der Waals surface area contributed by atoms with Crippen LogP contribution in [0.2, 0.25) is 0 Å². The van der Waals surface area contributed by atoms with Gasteiger partial charge in [0.15, 0.2) is 0 Å². The van der Waals surface area contributed by atoms with Crippen molar-refractivity contribution in [3.05, 3.63) is 0 Å². The van der Waals surface area contributed by atoms with Gasteiger partial charge in [0, 0.05) is 6.42 Å². The lowest BCUT2D eigenvalue weighted by atomic mass is 10.2. The molecule has 0 aliphatic rings. The fourth-order valence-corrected chi connectivity index (χ4v) is 2.64. The molecule has 0 aromatic heterocycles. The Kier molecular flexibility index (Phi) is 32.3. The largest absolute Gasteiger partial charge is 0.481 e. The molecular weight excluding hydrogens is 524 g/mol. The number of carboxylic acid groups (broad SMARTS) is 1. The number of hydrogen-bond acceptors (Lipinski definition) is 13. The standard InChI is InChI=1S/C25H50O14/c26-3-4-30-5-6-31-7-8-32-9-10-33-11-12-34-13-14-35-15-16-36-17-18-37-19-20-38-21-22-39-23-24(27)1-2-25(28)29/h24,26-27H,1-23H2,(H,28,29). The first kappa shape index (κ1) is 38.0. The topological polar surface area (TPSA) is 170 Å². The number of aliphatic carboxylic acids is 1. The number of ether oxygens (including phenoxy) is 10. The highest BCUT2D eigenvalue weighted by Crippen LogP contribution is 1.97. The molecule has 0 saturated carbocycles. The summed E-state index contributed by atoms with van der Waals surface area (Å²) >= 11 is 0. The Labute approximate surface area is 231 Å². The molecule has 1 atom stereocenters. The number of carboxylic acids is 1. The molecule has 0 bridgehead atoms. The van der Waals surface area contributed by atoms with E-state index < -0.39 is 12.1 Å². The summed E-state index contributed by atoms with van der Waals surface area (Å²) in [6.45, 7) is 8.73. The van der Waals surface area contributed by atoms with Crippen molar-refractivity contribution in [2.45, 2.75) is 18.9 Å². The minimum absolute atomic E-state index is 0.0188. The minimum atomic E-state index is -0.937. The maximum absolute atomic E-state index is 10.4. The summed E-state index contributed by atoms with van der Waals surface area (Å²) < 4.78 is 53.4. The first-order valence-corrected chi connectivity index (χ1v) is 13.4. The van der Waals surface area contributed by atoms with Crippen molar-refractivity contribution >= 4 is 5.97 Å². The van der Waals surface area contributed by atoms with Crippen LogP contribution in [-0.2, 0) is 52.2 Å². The van der Waals surface area contributed by atoms with Crippen LogP contribution >= 0.6 is 0 Å². The molecule has 0 radical (unpaired) electrons. The van der Waals surface area contributed by atoms with Crippen molar-refractivity contribution < 1.29 is 67.5 Å². The van der Waals surface area contributed by atoms with Crippen molar-refractivity contribution in [3.8, 4) is 0 Å². The van der Waals surface area contributed by atoms with E-state index in [1.54, 1.807) is 0 Å². The van der Waals surface area contributed by atoms with Crippen LogP contribution in [0, 0.1) is 0 Å². The van der Waals surface area contributed by atoms with E-state index in [4.69, 9.17) is 57.6 Å². The van der Waals surface area contributed by atoms with Gasteiger partial charge in [0.05, 0.1) is 145 Å². The van der Waals surface area contributed by atoms with E-state index in [1.807, 2.05) is 0 Å². The molecule has 39 heavy (non-hydrogen) atoms. The smallest absolute Gasteiger partial charge is 0.303 e. The molecular formula is C25H50O14. The lowest BCUT2D eigenvalue weighted by molar-refractivity contribution is -0.137. The van der Waals surface area contributed by atoms with Crippen molar-refractivity contribution in [3.63, 3.8) is 0 Å². The van der Waals surface area contributed by atoms with Gasteiger partial charge in [-0.3, -0.25) is 4.79 Å². The quantitative estimate of drug-likeness (QED) is 0.0830. The van der Waals surface area contributed by atoms with E-state index in [0.717, 1.165) is 0 Å². The first-order chi connectivity index (χ1) is 19.2. The predicted octanol–water partition coefficient (Wildman–Crippen LogP) is -0.630. The van der Waals surface area contributed by atoms with Crippen molar-refractivity contribution in [1.82, 2.24) is 0 Å². The molecule has 1 unspecified atom stereocenters. The molecule has 0 spiro atoms. The highest BCUT2D eigenvalue weighted by Gasteiger charge is 2.07. The van der Waals surface area contributed by atoms with Gasteiger partial charge in [0.1, 0.15) is 0 Å². The van der Waals surface area contributed by atoms with Crippen molar-refractivity contribution in [2.24, 2.45) is 0 Å². The molecule has 0 rings (SSSR count). The van der Waals surface area contributed by atoms with E-state index in [9.17, 15) is 9.90 Å². The molecule has 3 N–H and O–H groups in total. The number of aliphatic hydroxyl groups excluding tert-OH is 2. The third-order valence-corrected chi connectivity index (χ3v) is 4.59. The molecule has 0 saturated heterocycles. The van der Waals surface area contributed by atoms with Gasteiger partial charge in [-0.05, 0) is 6.42 Å². The average Bonchev–Trinajstić information content (AvgIpc) is 2.93. The van der Waals surface area contributed by atoms with Crippen molar-refractivity contribution in [2.75, 3.05) is 139 Å². The van der Waals surface area contributed by atoms with Gasteiger partial charge in [-0.15, -0.1) is 0 Å². The Hall–Kier alpha value is -1.01. The SMILES string of the molecule is O=C(O)CCC(O)COCCOCCOCCOCCOCCOCCOCCOCCOCCOCCO. The molecule has 0 heterocycles. The Balaban J connectivity index is 3.07. The Morgan fingerprint density at radius 3 is 0.974 bits per heavy atom. The average molecular weight is 575 g/mol. The van der Waals surface area contributed by atoms with Crippen molar-refractivity contribution in [1.29, 1.82) is 0 Å². The second kappa shape index (κ2) is 33.2. The first-order valence-electron chi connectivity index (χ1n) is 13.4. The second-order valence-corrected chi connectivity index (χ2v) is 7.90. The number of carbonyl (C=O) groups is 1. The number of rotatable bonds is 34. The zero-order chi connectivity index (χ0) is 28.5. The van der Waals surface area contributed by atoms with E-state index in [1.165, 1.54) is 0 Å². The molecule has 0 aliphatic heterocycles. The summed E-state index contributed by atoms with van der Waals surface area (Å²) in [5.41, 5.74) is 0.